The molecule has 0 saturated carbocycles. The van der Waals surface area contributed by atoms with E-state index in [9.17, 15) is 14.7 Å². The number of tetrazole rings is 1. The van der Waals surface area contributed by atoms with Gasteiger partial charge in [0.25, 0.3) is 5.95 Å². The fraction of sp³-hybridized carbons (Fsp3) is 0.500. The molecular formula is C20H24N6O4. The number of para-hydroxylation sites is 1. The van der Waals surface area contributed by atoms with E-state index in [-0.39, 0.29) is 11.9 Å². The van der Waals surface area contributed by atoms with Gasteiger partial charge in [-0.2, -0.15) is 0 Å². The first kappa shape index (κ1) is 20.0. The molecule has 2 aliphatic rings. The third kappa shape index (κ3) is 3.53. The molecule has 10 heteroatoms. The zero-order chi connectivity index (χ0) is 21.3. The lowest BCUT2D eigenvalue weighted by molar-refractivity contribution is -0.148. The van der Waals surface area contributed by atoms with Crippen molar-refractivity contribution in [2.75, 3.05) is 24.6 Å². The number of nitrogens with zero attached hydrogens (tertiary/aromatic N) is 6. The molecule has 0 spiro atoms. The predicted octanol–water partition coefficient (Wildman–Crippen LogP) is 1.85. The second-order valence-corrected chi connectivity index (χ2v) is 7.51. The Hall–Kier alpha value is -3.30. The van der Waals surface area contributed by atoms with E-state index in [4.69, 9.17) is 4.74 Å². The highest BCUT2D eigenvalue weighted by Gasteiger charge is 2.41. The summed E-state index contributed by atoms with van der Waals surface area (Å²) in [6.45, 7) is 5.25. The van der Waals surface area contributed by atoms with Crippen molar-refractivity contribution in [1.29, 1.82) is 0 Å². The Labute approximate surface area is 173 Å². The Morgan fingerprint density at radius 2 is 1.97 bits per heavy atom. The number of benzene rings is 1. The largest absolute Gasteiger partial charge is 0.481 e. The van der Waals surface area contributed by atoms with Gasteiger partial charge in [0.05, 0.1) is 12.5 Å². The monoisotopic (exact) mass is 412 g/mol. The van der Waals surface area contributed by atoms with Crippen molar-refractivity contribution in [3.63, 3.8) is 0 Å². The maximum atomic E-state index is 12.1. The van der Waals surface area contributed by atoms with Crippen LogP contribution in [-0.2, 0) is 14.3 Å². The van der Waals surface area contributed by atoms with Crippen molar-refractivity contribution in [2.45, 2.75) is 32.7 Å². The van der Waals surface area contributed by atoms with Gasteiger partial charge in [-0.15, -0.1) is 0 Å². The number of fused-ring (bicyclic) bond motifs is 1. The summed E-state index contributed by atoms with van der Waals surface area (Å²) in [5.74, 6) is -1.80. The van der Waals surface area contributed by atoms with Crippen LogP contribution in [0.1, 0.15) is 38.3 Å². The number of aliphatic carboxylic acids is 1. The Bertz CT molecular complexity index is 979. The smallest absolute Gasteiger partial charge is 0.314 e. The number of hydrogen-bond acceptors (Lipinski definition) is 8. The molecule has 0 radical (unpaired) electrons. The zero-order valence-electron chi connectivity index (χ0n) is 16.9. The summed E-state index contributed by atoms with van der Waals surface area (Å²) in [7, 11) is 0. The Morgan fingerprint density at radius 1 is 1.23 bits per heavy atom. The highest BCUT2D eigenvalue weighted by Crippen LogP contribution is 2.40. The molecule has 0 bridgehead atoms. The van der Waals surface area contributed by atoms with Crippen LogP contribution in [-0.4, -0.2) is 62.7 Å². The predicted molar refractivity (Wildman–Crippen MR) is 108 cm³/mol. The maximum absolute atomic E-state index is 12.1. The number of rotatable bonds is 5. The number of ether oxygens (including phenoxy) is 1. The molecular weight excluding hydrogens is 388 g/mol. The number of carbonyl (C=O) groups excluding carboxylic acids is 1. The molecule has 10 nitrogen and oxygen atoms in total. The fourth-order valence-electron chi connectivity index (χ4n) is 4.31. The number of hydrogen-bond donors (Lipinski definition) is 1. The zero-order valence-corrected chi connectivity index (χ0v) is 16.9. The second-order valence-electron chi connectivity index (χ2n) is 7.51. The first-order chi connectivity index (χ1) is 14.5. The van der Waals surface area contributed by atoms with Gasteiger partial charge in [0.2, 0.25) is 0 Å². The minimum Gasteiger partial charge on any atom is -0.481 e. The van der Waals surface area contributed by atoms with Crippen LogP contribution in [0, 0.1) is 11.8 Å². The lowest BCUT2D eigenvalue weighted by Gasteiger charge is -2.36. The SMILES string of the molecule is CCOC(=O)C1CCN(c2ccccc2C2C(C(=O)O)C(C)=Nc3nnnn32)CC1. The summed E-state index contributed by atoms with van der Waals surface area (Å²) >= 11 is 0. The molecule has 1 fully saturated rings. The lowest BCUT2D eigenvalue weighted by atomic mass is 9.87. The molecule has 30 heavy (non-hydrogen) atoms. The van der Waals surface area contributed by atoms with Gasteiger partial charge >= 0.3 is 11.9 Å². The van der Waals surface area contributed by atoms with Gasteiger partial charge in [-0.1, -0.05) is 23.3 Å². The first-order valence-corrected chi connectivity index (χ1v) is 10.1. The average Bonchev–Trinajstić information content (AvgIpc) is 3.21. The molecule has 2 aromatic rings. The number of anilines is 1. The Kier molecular flexibility index (Phi) is 5.47. The van der Waals surface area contributed by atoms with Crippen LogP contribution in [0.3, 0.4) is 0 Å². The molecule has 2 atom stereocenters. The molecule has 3 heterocycles. The van der Waals surface area contributed by atoms with E-state index >= 15 is 0 Å². The lowest BCUT2D eigenvalue weighted by Crippen LogP contribution is -2.40. The van der Waals surface area contributed by atoms with Crippen LogP contribution in [0.5, 0.6) is 0 Å². The topological polar surface area (TPSA) is 123 Å². The van der Waals surface area contributed by atoms with Crippen LogP contribution in [0.15, 0.2) is 29.3 Å². The van der Waals surface area contributed by atoms with Crippen molar-refractivity contribution in [3.05, 3.63) is 29.8 Å². The summed E-state index contributed by atoms with van der Waals surface area (Å²) in [6, 6.07) is 7.09. The van der Waals surface area contributed by atoms with Gasteiger partial charge in [-0.3, -0.25) is 9.59 Å². The van der Waals surface area contributed by atoms with Crippen molar-refractivity contribution < 1.29 is 19.4 Å². The normalized spacial score (nSPS) is 21.7. The van der Waals surface area contributed by atoms with Gasteiger partial charge in [0.1, 0.15) is 12.0 Å². The third-order valence-corrected chi connectivity index (χ3v) is 5.76. The van der Waals surface area contributed by atoms with Gasteiger partial charge in [-0.25, -0.2) is 9.67 Å². The second kappa shape index (κ2) is 8.21. The van der Waals surface area contributed by atoms with Crippen LogP contribution in [0.25, 0.3) is 0 Å². The number of carboxylic acid groups (broad SMARTS) is 1. The highest BCUT2D eigenvalue weighted by atomic mass is 16.5. The van der Waals surface area contributed by atoms with E-state index < -0.39 is 17.9 Å². The van der Waals surface area contributed by atoms with Gasteiger partial charge in [-0.05, 0) is 43.2 Å². The van der Waals surface area contributed by atoms with E-state index in [0.29, 0.717) is 44.2 Å². The molecule has 0 aliphatic carbocycles. The highest BCUT2D eigenvalue weighted by molar-refractivity contribution is 6.03. The van der Waals surface area contributed by atoms with E-state index in [1.165, 1.54) is 4.68 Å². The summed E-state index contributed by atoms with van der Waals surface area (Å²) < 4.78 is 6.64. The van der Waals surface area contributed by atoms with Crippen LogP contribution >= 0.6 is 0 Å². The summed E-state index contributed by atoms with van der Waals surface area (Å²) in [5, 5.41) is 21.6. The number of carbonyl (C=O) groups is 2. The third-order valence-electron chi connectivity index (χ3n) is 5.76. The van der Waals surface area contributed by atoms with Crippen LogP contribution < -0.4 is 4.90 Å². The quantitative estimate of drug-likeness (QED) is 0.738. The van der Waals surface area contributed by atoms with E-state index in [2.05, 4.69) is 25.4 Å². The fourth-order valence-corrected chi connectivity index (χ4v) is 4.31. The summed E-state index contributed by atoms with van der Waals surface area (Å²) in [4.78, 5) is 30.7. The summed E-state index contributed by atoms with van der Waals surface area (Å²) in [5.41, 5.74) is 2.21. The molecule has 1 saturated heterocycles. The first-order valence-electron chi connectivity index (χ1n) is 10.1. The van der Waals surface area contributed by atoms with Gasteiger partial charge in [0.15, 0.2) is 0 Å². The minimum atomic E-state index is -0.974. The van der Waals surface area contributed by atoms with Crippen LogP contribution in [0.2, 0.25) is 0 Å². The Balaban J connectivity index is 1.66. The standard InChI is InChI=1S/C20H24N6O4/c1-3-30-19(29)13-8-10-25(11-9-13)15-7-5-4-6-14(15)17-16(18(27)28)12(2)21-20-22-23-24-26(17)20/h4-7,13,16-17H,3,8-11H2,1-2H3,(H,27,28). The minimum absolute atomic E-state index is 0.102. The average molecular weight is 412 g/mol. The number of piperidine rings is 1. The number of esters is 1. The molecule has 1 aromatic heterocycles. The van der Waals surface area contributed by atoms with Gasteiger partial charge in [0, 0.05) is 30.1 Å². The number of aliphatic imine (C=N–C) groups is 1. The molecule has 2 aliphatic heterocycles. The molecule has 4 rings (SSSR count). The number of carboxylic acids is 1. The van der Waals surface area contributed by atoms with Crippen LogP contribution in [0.4, 0.5) is 11.6 Å². The van der Waals surface area contributed by atoms with E-state index in [0.717, 1.165) is 11.3 Å². The van der Waals surface area contributed by atoms with E-state index in [1.54, 1.807) is 6.92 Å². The van der Waals surface area contributed by atoms with E-state index in [1.807, 2.05) is 31.2 Å². The number of aromatic nitrogens is 4. The molecule has 2 unspecified atom stereocenters. The van der Waals surface area contributed by atoms with Crippen molar-refractivity contribution in [1.82, 2.24) is 20.2 Å². The van der Waals surface area contributed by atoms with Crippen molar-refractivity contribution in [3.8, 4) is 0 Å². The molecule has 158 valence electrons. The van der Waals surface area contributed by atoms with Gasteiger partial charge < -0.3 is 14.7 Å². The van der Waals surface area contributed by atoms with Crippen molar-refractivity contribution in [2.24, 2.45) is 16.8 Å². The molecule has 1 N–H and O–H groups in total. The summed E-state index contributed by atoms with van der Waals surface area (Å²) in [6.07, 6.45) is 1.38. The molecule has 0 amide bonds. The Morgan fingerprint density at radius 3 is 2.67 bits per heavy atom. The van der Waals surface area contributed by atoms with Crippen molar-refractivity contribution >= 4 is 29.3 Å². The maximum Gasteiger partial charge on any atom is 0.314 e. The molecule has 1 aromatic carbocycles.